The fourth-order valence-electron chi connectivity index (χ4n) is 5.20. The second-order valence-corrected chi connectivity index (χ2v) is 9.39. The maximum absolute atomic E-state index is 13.3. The summed E-state index contributed by atoms with van der Waals surface area (Å²) < 4.78 is 7.65. The van der Waals surface area contributed by atoms with E-state index in [9.17, 15) is 14.7 Å². The Hall–Kier alpha value is -3.86. The van der Waals surface area contributed by atoms with Crippen LogP contribution in [0, 0.1) is 12.8 Å². The van der Waals surface area contributed by atoms with E-state index in [-0.39, 0.29) is 12.3 Å². The second-order valence-electron chi connectivity index (χ2n) is 9.39. The summed E-state index contributed by atoms with van der Waals surface area (Å²) in [5.74, 6) is 0.368. The first-order valence-corrected chi connectivity index (χ1v) is 12.2. The number of nitrogens with zero attached hydrogens (tertiary/aromatic N) is 1. The molecule has 1 heterocycles. The average Bonchev–Trinajstić information content (AvgIpc) is 3.20. The van der Waals surface area contributed by atoms with Gasteiger partial charge in [-0.25, -0.2) is 0 Å². The minimum Gasteiger partial charge on any atom is -0.494 e. The number of carbonyl (C=O) groups is 2. The van der Waals surface area contributed by atoms with Crippen LogP contribution in [0.2, 0.25) is 0 Å². The van der Waals surface area contributed by atoms with Crippen LogP contribution >= 0.6 is 0 Å². The van der Waals surface area contributed by atoms with E-state index < -0.39 is 5.97 Å². The minimum absolute atomic E-state index is 0.0750. The zero-order valence-electron chi connectivity index (χ0n) is 19.9. The summed E-state index contributed by atoms with van der Waals surface area (Å²) in [5, 5.41) is 10.0. The Bertz CT molecular complexity index is 1380. The molecule has 0 spiro atoms. The lowest BCUT2D eigenvalue weighted by molar-refractivity contribution is -0.136. The van der Waals surface area contributed by atoms with Gasteiger partial charge in [0.05, 0.1) is 18.5 Å². The Balaban J connectivity index is 1.24. The Morgan fingerprint density at radius 2 is 1.77 bits per heavy atom. The molecule has 0 bridgehead atoms. The SMILES string of the molecule is Cc1cc2c(CC(=O)O)cccc2n1C(=O)c1ccc(OCCC2CCc3ccccc3C2)cc1. The largest absolute Gasteiger partial charge is 0.494 e. The third kappa shape index (κ3) is 4.85. The van der Waals surface area contributed by atoms with E-state index in [1.165, 1.54) is 17.5 Å². The predicted molar refractivity (Wildman–Crippen MR) is 136 cm³/mol. The first-order valence-electron chi connectivity index (χ1n) is 12.2. The Labute approximate surface area is 205 Å². The van der Waals surface area contributed by atoms with E-state index in [1.807, 2.05) is 31.2 Å². The van der Waals surface area contributed by atoms with Gasteiger partial charge < -0.3 is 9.84 Å². The van der Waals surface area contributed by atoms with Gasteiger partial charge in [-0.05, 0) is 91.6 Å². The van der Waals surface area contributed by atoms with Crippen molar-refractivity contribution in [2.45, 2.75) is 39.0 Å². The molecule has 5 rings (SSSR count). The topological polar surface area (TPSA) is 68.5 Å². The summed E-state index contributed by atoms with van der Waals surface area (Å²) in [6.07, 6.45) is 4.40. The molecule has 1 aromatic heterocycles. The van der Waals surface area contributed by atoms with Gasteiger partial charge in [0.2, 0.25) is 0 Å². The van der Waals surface area contributed by atoms with E-state index >= 15 is 0 Å². The van der Waals surface area contributed by atoms with E-state index in [1.54, 1.807) is 28.8 Å². The second kappa shape index (κ2) is 9.79. The fourth-order valence-corrected chi connectivity index (χ4v) is 5.20. The number of aliphatic carboxylic acids is 1. The zero-order valence-corrected chi connectivity index (χ0v) is 19.9. The summed E-state index contributed by atoms with van der Waals surface area (Å²) in [6.45, 7) is 2.53. The molecule has 4 aromatic rings. The minimum atomic E-state index is -0.891. The lowest BCUT2D eigenvalue weighted by Crippen LogP contribution is -2.16. The molecule has 1 N–H and O–H groups in total. The van der Waals surface area contributed by atoms with Crippen molar-refractivity contribution >= 4 is 22.8 Å². The molecule has 0 saturated heterocycles. The Morgan fingerprint density at radius 1 is 1.00 bits per heavy atom. The van der Waals surface area contributed by atoms with Crippen LogP contribution in [0.15, 0.2) is 72.8 Å². The number of rotatable bonds is 7. The van der Waals surface area contributed by atoms with Crippen molar-refractivity contribution < 1.29 is 19.4 Å². The number of aryl methyl sites for hydroxylation is 2. The quantitative estimate of drug-likeness (QED) is 0.371. The van der Waals surface area contributed by atoms with Crippen LogP contribution in [-0.2, 0) is 24.1 Å². The van der Waals surface area contributed by atoms with Gasteiger partial charge in [0.25, 0.3) is 5.91 Å². The number of hydrogen-bond acceptors (Lipinski definition) is 3. The molecule has 1 aliphatic rings. The first kappa shape index (κ1) is 22.9. The summed E-state index contributed by atoms with van der Waals surface area (Å²) in [6, 6.07) is 23.3. The van der Waals surface area contributed by atoms with Crippen LogP contribution in [0.4, 0.5) is 0 Å². The maximum atomic E-state index is 13.3. The highest BCUT2D eigenvalue weighted by Crippen LogP contribution is 2.28. The molecule has 178 valence electrons. The number of benzene rings is 3. The monoisotopic (exact) mass is 467 g/mol. The number of carbonyl (C=O) groups excluding carboxylic acids is 1. The third-order valence-corrected chi connectivity index (χ3v) is 7.01. The highest BCUT2D eigenvalue weighted by atomic mass is 16.5. The molecule has 1 unspecified atom stereocenters. The number of fused-ring (bicyclic) bond motifs is 2. The number of carboxylic acids is 1. The third-order valence-electron chi connectivity index (χ3n) is 7.01. The van der Waals surface area contributed by atoms with Crippen molar-refractivity contribution in [3.05, 3.63) is 101 Å². The standard InChI is InChI=1S/C30H29NO4/c1-20-17-27-25(19-29(32)33)7-4-8-28(27)31(20)30(34)23-11-13-26(14-12-23)35-16-15-21-9-10-22-5-2-3-6-24(22)18-21/h2-8,11-14,17,21H,9-10,15-16,18-19H2,1H3,(H,32,33). The van der Waals surface area contributed by atoms with E-state index in [0.717, 1.165) is 41.6 Å². The first-order chi connectivity index (χ1) is 17.0. The van der Waals surface area contributed by atoms with Gasteiger partial charge in [0, 0.05) is 16.6 Å². The number of aromatic nitrogens is 1. The molecule has 0 fully saturated rings. The average molecular weight is 468 g/mol. The summed E-state index contributed by atoms with van der Waals surface area (Å²) in [7, 11) is 0. The van der Waals surface area contributed by atoms with Crippen molar-refractivity contribution in [1.29, 1.82) is 0 Å². The summed E-state index contributed by atoms with van der Waals surface area (Å²) >= 11 is 0. The highest BCUT2D eigenvalue weighted by molar-refractivity contribution is 6.04. The van der Waals surface area contributed by atoms with Crippen molar-refractivity contribution in [3.63, 3.8) is 0 Å². The molecule has 35 heavy (non-hydrogen) atoms. The molecule has 5 heteroatoms. The molecular formula is C30H29NO4. The van der Waals surface area contributed by atoms with Gasteiger partial charge in [0.15, 0.2) is 0 Å². The molecular weight excluding hydrogens is 438 g/mol. The van der Waals surface area contributed by atoms with Crippen LogP contribution in [-0.4, -0.2) is 28.2 Å². The maximum Gasteiger partial charge on any atom is 0.307 e. The van der Waals surface area contributed by atoms with Gasteiger partial charge >= 0.3 is 5.97 Å². The van der Waals surface area contributed by atoms with E-state index in [0.29, 0.717) is 23.7 Å². The molecule has 0 aliphatic heterocycles. The van der Waals surface area contributed by atoms with Gasteiger partial charge in [-0.15, -0.1) is 0 Å². The van der Waals surface area contributed by atoms with Crippen molar-refractivity contribution in [2.24, 2.45) is 5.92 Å². The van der Waals surface area contributed by atoms with Crippen molar-refractivity contribution in [1.82, 2.24) is 4.57 Å². The molecule has 3 aromatic carbocycles. The number of hydrogen-bond donors (Lipinski definition) is 1. The van der Waals surface area contributed by atoms with Crippen LogP contribution in [0.1, 0.15) is 45.6 Å². The molecule has 1 atom stereocenters. The lowest BCUT2D eigenvalue weighted by atomic mass is 9.82. The van der Waals surface area contributed by atoms with Crippen molar-refractivity contribution in [2.75, 3.05) is 6.61 Å². The van der Waals surface area contributed by atoms with Gasteiger partial charge in [-0.1, -0.05) is 36.4 Å². The molecule has 5 nitrogen and oxygen atoms in total. The molecule has 0 radical (unpaired) electrons. The van der Waals surface area contributed by atoms with Crippen LogP contribution in [0.5, 0.6) is 5.75 Å². The Kier molecular flexibility index (Phi) is 6.41. The van der Waals surface area contributed by atoms with Crippen LogP contribution < -0.4 is 4.74 Å². The van der Waals surface area contributed by atoms with Gasteiger partial charge in [-0.3, -0.25) is 14.2 Å². The number of ether oxygens (including phenoxy) is 1. The highest BCUT2D eigenvalue weighted by Gasteiger charge is 2.19. The van der Waals surface area contributed by atoms with Crippen molar-refractivity contribution in [3.8, 4) is 5.75 Å². The van der Waals surface area contributed by atoms with Crippen LogP contribution in [0.25, 0.3) is 10.9 Å². The van der Waals surface area contributed by atoms with Gasteiger partial charge in [0.1, 0.15) is 5.75 Å². The van der Waals surface area contributed by atoms with Crippen LogP contribution in [0.3, 0.4) is 0 Å². The molecule has 0 amide bonds. The predicted octanol–water partition coefficient (Wildman–Crippen LogP) is 5.84. The summed E-state index contributed by atoms with van der Waals surface area (Å²) in [5.41, 5.74) is 5.71. The van der Waals surface area contributed by atoms with E-state index in [4.69, 9.17) is 4.74 Å². The zero-order chi connectivity index (χ0) is 24.4. The molecule has 1 aliphatic carbocycles. The summed E-state index contributed by atoms with van der Waals surface area (Å²) in [4.78, 5) is 24.5. The fraction of sp³-hybridized carbons (Fsp3) is 0.267. The Morgan fingerprint density at radius 3 is 2.54 bits per heavy atom. The van der Waals surface area contributed by atoms with E-state index in [2.05, 4.69) is 24.3 Å². The normalized spacial score (nSPS) is 15.1. The van der Waals surface area contributed by atoms with Gasteiger partial charge in [-0.2, -0.15) is 0 Å². The lowest BCUT2D eigenvalue weighted by Gasteiger charge is -2.24. The number of carboxylic acid groups (broad SMARTS) is 1. The molecule has 0 saturated carbocycles. The smallest absolute Gasteiger partial charge is 0.307 e.